The van der Waals surface area contributed by atoms with Crippen molar-refractivity contribution < 1.29 is 27.2 Å². The standard InChI is InChI=1S/C18H14ClF3N4O3/c1-9(27)23-12-6-25(7-12)17(28)14-15(19)26-5-11(10-2-3-29-8-10)4-13(16(26)24-14)18(20,21)22/h2-5,8,12H,6-7H2,1H3,(H,23,27). The minimum atomic E-state index is -4.71. The van der Waals surface area contributed by atoms with Crippen molar-refractivity contribution in [3.63, 3.8) is 0 Å². The van der Waals surface area contributed by atoms with Crippen LogP contribution in [0, 0.1) is 0 Å². The van der Waals surface area contributed by atoms with Crippen molar-refractivity contribution in [3.8, 4) is 11.1 Å². The number of rotatable bonds is 3. The monoisotopic (exact) mass is 426 g/mol. The maximum atomic E-state index is 13.6. The van der Waals surface area contributed by atoms with Crippen molar-refractivity contribution in [1.82, 2.24) is 19.6 Å². The van der Waals surface area contributed by atoms with Gasteiger partial charge in [-0.05, 0) is 12.1 Å². The molecule has 29 heavy (non-hydrogen) atoms. The van der Waals surface area contributed by atoms with Crippen LogP contribution in [0.5, 0.6) is 0 Å². The second kappa shape index (κ2) is 6.80. The van der Waals surface area contributed by atoms with E-state index in [1.165, 1.54) is 36.6 Å². The zero-order valence-corrected chi connectivity index (χ0v) is 15.7. The third-order valence-corrected chi connectivity index (χ3v) is 4.96. The molecule has 4 rings (SSSR count). The molecule has 0 atom stereocenters. The van der Waals surface area contributed by atoms with Crippen LogP contribution in [0.1, 0.15) is 23.0 Å². The van der Waals surface area contributed by atoms with E-state index in [0.717, 1.165) is 10.5 Å². The molecule has 0 aliphatic carbocycles. The van der Waals surface area contributed by atoms with E-state index in [1.54, 1.807) is 0 Å². The number of nitrogens with one attached hydrogen (secondary N) is 1. The number of hydrogen-bond acceptors (Lipinski definition) is 4. The van der Waals surface area contributed by atoms with Gasteiger partial charge in [-0.2, -0.15) is 13.2 Å². The summed E-state index contributed by atoms with van der Waals surface area (Å²) in [5.41, 5.74) is -1.11. The number of imidazole rings is 1. The van der Waals surface area contributed by atoms with Gasteiger partial charge in [0.25, 0.3) is 5.91 Å². The molecule has 1 aliphatic heterocycles. The first kappa shape index (κ1) is 19.3. The number of amides is 2. The molecule has 1 N–H and O–H groups in total. The number of pyridine rings is 1. The Labute approximate surface area is 167 Å². The fraction of sp³-hybridized carbons (Fsp3) is 0.278. The predicted octanol–water partition coefficient (Wildman–Crippen LogP) is 3.23. The topological polar surface area (TPSA) is 79.8 Å². The number of halogens is 4. The molecule has 2 amide bonds. The van der Waals surface area contributed by atoms with Crippen LogP contribution in [0.4, 0.5) is 13.2 Å². The molecule has 3 aromatic heterocycles. The molecule has 0 bridgehead atoms. The van der Waals surface area contributed by atoms with Gasteiger partial charge in [-0.15, -0.1) is 0 Å². The van der Waals surface area contributed by atoms with Crippen LogP contribution in [0.2, 0.25) is 5.15 Å². The summed E-state index contributed by atoms with van der Waals surface area (Å²) in [6.45, 7) is 1.82. The number of carbonyl (C=O) groups is 2. The summed E-state index contributed by atoms with van der Waals surface area (Å²) in [4.78, 5) is 29.0. The third-order valence-electron chi connectivity index (χ3n) is 4.60. The lowest BCUT2D eigenvalue weighted by Gasteiger charge is -2.38. The van der Waals surface area contributed by atoms with Gasteiger partial charge in [-0.1, -0.05) is 11.6 Å². The first-order valence-electron chi connectivity index (χ1n) is 8.53. The second-order valence-corrected chi connectivity index (χ2v) is 7.06. The summed E-state index contributed by atoms with van der Waals surface area (Å²) in [6.07, 6.45) is -0.686. The number of alkyl halides is 3. The number of carbonyl (C=O) groups excluding carboxylic acids is 2. The Balaban J connectivity index is 1.75. The minimum Gasteiger partial charge on any atom is -0.472 e. The summed E-state index contributed by atoms with van der Waals surface area (Å²) >= 11 is 6.25. The van der Waals surface area contributed by atoms with Crippen molar-refractivity contribution in [2.75, 3.05) is 13.1 Å². The van der Waals surface area contributed by atoms with Crippen LogP contribution in [-0.2, 0) is 11.0 Å². The average molecular weight is 427 g/mol. The zero-order valence-electron chi connectivity index (χ0n) is 15.0. The molecule has 1 fully saturated rings. The Hall–Kier alpha value is -3.01. The molecule has 0 saturated carbocycles. The van der Waals surface area contributed by atoms with E-state index in [0.29, 0.717) is 5.56 Å². The van der Waals surface area contributed by atoms with E-state index in [1.807, 2.05) is 0 Å². The van der Waals surface area contributed by atoms with Crippen molar-refractivity contribution in [3.05, 3.63) is 47.3 Å². The van der Waals surface area contributed by atoms with Gasteiger partial charge < -0.3 is 14.6 Å². The lowest BCUT2D eigenvalue weighted by molar-refractivity contribution is -0.136. The number of hydrogen-bond donors (Lipinski definition) is 1. The van der Waals surface area contributed by atoms with E-state index in [2.05, 4.69) is 10.3 Å². The van der Waals surface area contributed by atoms with Gasteiger partial charge in [0, 0.05) is 37.3 Å². The Kier molecular flexibility index (Phi) is 4.53. The number of nitrogens with zero attached hydrogens (tertiary/aromatic N) is 3. The first-order chi connectivity index (χ1) is 13.6. The second-order valence-electron chi connectivity index (χ2n) is 6.70. The third kappa shape index (κ3) is 3.44. The summed E-state index contributed by atoms with van der Waals surface area (Å²) in [6, 6.07) is 2.25. The fourth-order valence-corrected chi connectivity index (χ4v) is 3.47. The first-order valence-corrected chi connectivity index (χ1v) is 8.90. The summed E-state index contributed by atoms with van der Waals surface area (Å²) < 4.78 is 46.9. The summed E-state index contributed by atoms with van der Waals surface area (Å²) in [7, 11) is 0. The van der Waals surface area contributed by atoms with Crippen molar-refractivity contribution in [2.24, 2.45) is 0 Å². The molecule has 11 heteroatoms. The van der Waals surface area contributed by atoms with Crippen LogP contribution in [0.15, 0.2) is 35.3 Å². The van der Waals surface area contributed by atoms with Crippen LogP contribution < -0.4 is 5.32 Å². The Morgan fingerprint density at radius 1 is 1.31 bits per heavy atom. The molecule has 0 unspecified atom stereocenters. The van der Waals surface area contributed by atoms with Crippen molar-refractivity contribution in [1.29, 1.82) is 0 Å². The molecule has 152 valence electrons. The van der Waals surface area contributed by atoms with E-state index in [-0.39, 0.29) is 41.4 Å². The van der Waals surface area contributed by atoms with Crippen molar-refractivity contribution >= 4 is 29.1 Å². The maximum Gasteiger partial charge on any atom is 0.420 e. The van der Waals surface area contributed by atoms with E-state index < -0.39 is 23.3 Å². The van der Waals surface area contributed by atoms with Gasteiger partial charge in [0.1, 0.15) is 5.15 Å². The molecule has 0 spiro atoms. The molecule has 1 saturated heterocycles. The van der Waals surface area contributed by atoms with E-state index in [4.69, 9.17) is 16.0 Å². The molecule has 7 nitrogen and oxygen atoms in total. The molecule has 1 aliphatic rings. The number of aromatic nitrogens is 2. The van der Waals surface area contributed by atoms with Crippen molar-refractivity contribution in [2.45, 2.75) is 19.1 Å². The summed E-state index contributed by atoms with van der Waals surface area (Å²) in [5, 5.41) is 2.44. The molecule has 4 heterocycles. The maximum absolute atomic E-state index is 13.6. The fourth-order valence-electron chi connectivity index (χ4n) is 3.22. The number of furan rings is 1. The smallest absolute Gasteiger partial charge is 0.420 e. The highest BCUT2D eigenvalue weighted by Gasteiger charge is 2.38. The Morgan fingerprint density at radius 3 is 2.62 bits per heavy atom. The van der Waals surface area contributed by atoms with Crippen LogP contribution in [0.25, 0.3) is 16.8 Å². The molecular formula is C18H14ClF3N4O3. The Morgan fingerprint density at radius 2 is 2.03 bits per heavy atom. The molecule has 3 aromatic rings. The van der Waals surface area contributed by atoms with Gasteiger partial charge >= 0.3 is 6.18 Å². The normalized spacial score (nSPS) is 14.9. The number of fused-ring (bicyclic) bond motifs is 1. The van der Waals surface area contributed by atoms with Gasteiger partial charge in [0.15, 0.2) is 11.3 Å². The van der Waals surface area contributed by atoms with E-state index >= 15 is 0 Å². The molecule has 0 aromatic carbocycles. The highest BCUT2D eigenvalue weighted by molar-refractivity contribution is 6.33. The lowest BCUT2D eigenvalue weighted by Crippen LogP contribution is -2.60. The quantitative estimate of drug-likeness (QED) is 0.697. The van der Waals surface area contributed by atoms with Gasteiger partial charge in [-0.3, -0.25) is 14.0 Å². The lowest BCUT2D eigenvalue weighted by atomic mass is 10.1. The highest BCUT2D eigenvalue weighted by Crippen LogP contribution is 2.37. The number of likely N-dealkylation sites (tertiary alicyclic amines) is 1. The average Bonchev–Trinajstić information content (AvgIpc) is 3.24. The molecule has 0 radical (unpaired) electrons. The van der Waals surface area contributed by atoms with Crippen LogP contribution in [0.3, 0.4) is 0 Å². The predicted molar refractivity (Wildman–Crippen MR) is 96.4 cm³/mol. The largest absolute Gasteiger partial charge is 0.472 e. The summed E-state index contributed by atoms with van der Waals surface area (Å²) in [5.74, 6) is -0.826. The SMILES string of the molecule is CC(=O)NC1CN(C(=O)c2nc3c(C(F)(F)F)cc(-c4ccoc4)cn3c2Cl)C1. The van der Waals surface area contributed by atoms with Crippen LogP contribution >= 0.6 is 11.6 Å². The van der Waals surface area contributed by atoms with Gasteiger partial charge in [0.2, 0.25) is 5.91 Å². The zero-order chi connectivity index (χ0) is 20.9. The van der Waals surface area contributed by atoms with Crippen LogP contribution in [-0.4, -0.2) is 45.2 Å². The van der Waals surface area contributed by atoms with Gasteiger partial charge in [0.05, 0.1) is 24.1 Å². The molecular weight excluding hydrogens is 413 g/mol. The minimum absolute atomic E-state index is 0.203. The highest BCUT2D eigenvalue weighted by atomic mass is 35.5. The van der Waals surface area contributed by atoms with Gasteiger partial charge in [-0.25, -0.2) is 4.98 Å². The Bertz CT molecular complexity index is 1100. The van der Waals surface area contributed by atoms with E-state index in [9.17, 15) is 22.8 Å².